The van der Waals surface area contributed by atoms with Crippen LogP contribution in [0.1, 0.15) is 27.4 Å². The van der Waals surface area contributed by atoms with E-state index in [1.807, 2.05) is 66.1 Å². The van der Waals surface area contributed by atoms with Gasteiger partial charge in [-0.1, -0.05) is 24.3 Å². The van der Waals surface area contributed by atoms with Crippen LogP contribution >= 0.6 is 0 Å². The van der Waals surface area contributed by atoms with Gasteiger partial charge in [0.1, 0.15) is 5.65 Å². The highest BCUT2D eigenvalue weighted by molar-refractivity contribution is 6.03. The van der Waals surface area contributed by atoms with Gasteiger partial charge in [-0.15, -0.1) is 0 Å². The van der Waals surface area contributed by atoms with Crippen LogP contribution in [0.2, 0.25) is 0 Å². The van der Waals surface area contributed by atoms with Crippen molar-refractivity contribution in [2.45, 2.75) is 6.92 Å². The van der Waals surface area contributed by atoms with E-state index in [2.05, 4.69) is 9.97 Å². The zero-order chi connectivity index (χ0) is 17.4. The van der Waals surface area contributed by atoms with Gasteiger partial charge in [0, 0.05) is 11.6 Å². The zero-order valence-corrected chi connectivity index (χ0v) is 13.5. The molecule has 0 fully saturated rings. The van der Waals surface area contributed by atoms with E-state index < -0.39 is 5.97 Å². The van der Waals surface area contributed by atoms with Gasteiger partial charge in [-0.25, -0.2) is 14.8 Å². The monoisotopic (exact) mass is 329 g/mol. The highest BCUT2D eigenvalue weighted by Crippen LogP contribution is 2.20. The van der Waals surface area contributed by atoms with E-state index in [-0.39, 0.29) is 5.56 Å². The summed E-state index contributed by atoms with van der Waals surface area (Å²) in [5.41, 5.74) is 4.24. The molecular formula is C20H15N3O2. The largest absolute Gasteiger partial charge is 0.478 e. The van der Waals surface area contributed by atoms with Crippen LogP contribution in [0.3, 0.4) is 0 Å². The molecule has 0 aliphatic carbocycles. The first-order chi connectivity index (χ1) is 12.1. The standard InChI is InChI=1S/C20H15N3O2/c1-13-18(23-11-5-4-8-19(23)21-13)10-9-14-12-16(20(24)25)15-6-2-3-7-17(15)22-14/h2-12H,1H3,(H,24,25). The van der Waals surface area contributed by atoms with Gasteiger partial charge < -0.3 is 9.51 Å². The lowest BCUT2D eigenvalue weighted by molar-refractivity contribution is 0.0699. The van der Waals surface area contributed by atoms with Crippen LogP contribution in [0, 0.1) is 6.92 Å². The minimum atomic E-state index is -0.959. The van der Waals surface area contributed by atoms with Crippen molar-refractivity contribution in [2.75, 3.05) is 0 Å². The summed E-state index contributed by atoms with van der Waals surface area (Å²) >= 11 is 0. The van der Waals surface area contributed by atoms with Gasteiger partial charge in [-0.05, 0) is 43.3 Å². The highest BCUT2D eigenvalue weighted by atomic mass is 16.4. The number of aromatic nitrogens is 3. The molecule has 3 heterocycles. The van der Waals surface area contributed by atoms with Gasteiger partial charge in [-0.3, -0.25) is 0 Å². The summed E-state index contributed by atoms with van der Waals surface area (Å²) in [5.74, 6) is -0.959. The second kappa shape index (κ2) is 5.87. The molecule has 0 amide bonds. The zero-order valence-electron chi connectivity index (χ0n) is 13.5. The van der Waals surface area contributed by atoms with Crippen LogP contribution in [0.4, 0.5) is 0 Å². The van der Waals surface area contributed by atoms with Crippen molar-refractivity contribution >= 4 is 34.7 Å². The maximum absolute atomic E-state index is 11.6. The number of imidazole rings is 1. The van der Waals surface area contributed by atoms with Crippen molar-refractivity contribution in [2.24, 2.45) is 0 Å². The number of benzene rings is 1. The number of para-hydroxylation sites is 1. The number of carboxylic acids is 1. The predicted octanol–water partition coefficient (Wildman–Crippen LogP) is 4.06. The van der Waals surface area contributed by atoms with Gasteiger partial charge in [-0.2, -0.15) is 0 Å². The molecule has 0 saturated carbocycles. The fourth-order valence-electron chi connectivity index (χ4n) is 2.96. The first-order valence-corrected chi connectivity index (χ1v) is 7.88. The van der Waals surface area contributed by atoms with E-state index in [1.54, 1.807) is 12.1 Å². The Morgan fingerprint density at radius 3 is 2.72 bits per heavy atom. The highest BCUT2D eigenvalue weighted by Gasteiger charge is 2.11. The first-order valence-electron chi connectivity index (χ1n) is 7.88. The van der Waals surface area contributed by atoms with E-state index in [9.17, 15) is 9.90 Å². The Balaban J connectivity index is 1.83. The van der Waals surface area contributed by atoms with Gasteiger partial charge in [0.2, 0.25) is 0 Å². The molecule has 0 unspecified atom stereocenters. The SMILES string of the molecule is Cc1nc2ccccn2c1C=Cc1cc(C(=O)O)c2ccccc2n1. The molecule has 0 aliphatic heterocycles. The molecule has 1 aromatic carbocycles. The second-order valence-corrected chi connectivity index (χ2v) is 5.76. The minimum absolute atomic E-state index is 0.250. The summed E-state index contributed by atoms with van der Waals surface area (Å²) in [7, 11) is 0. The smallest absolute Gasteiger partial charge is 0.336 e. The molecule has 3 aromatic heterocycles. The normalized spacial score (nSPS) is 11.6. The number of pyridine rings is 2. The molecule has 5 heteroatoms. The Hall–Kier alpha value is -3.47. The molecule has 0 radical (unpaired) electrons. The van der Waals surface area contributed by atoms with Gasteiger partial charge in [0.05, 0.1) is 28.2 Å². The summed E-state index contributed by atoms with van der Waals surface area (Å²) < 4.78 is 1.99. The summed E-state index contributed by atoms with van der Waals surface area (Å²) in [4.78, 5) is 20.6. The summed E-state index contributed by atoms with van der Waals surface area (Å²) in [6.45, 7) is 1.95. The molecule has 5 nitrogen and oxygen atoms in total. The van der Waals surface area contributed by atoms with Crippen LogP contribution in [0.5, 0.6) is 0 Å². The minimum Gasteiger partial charge on any atom is -0.478 e. The molecule has 1 N–H and O–H groups in total. The van der Waals surface area contributed by atoms with Crippen molar-refractivity contribution in [1.29, 1.82) is 0 Å². The average molecular weight is 329 g/mol. The van der Waals surface area contributed by atoms with Crippen molar-refractivity contribution in [3.05, 3.63) is 77.4 Å². The van der Waals surface area contributed by atoms with E-state index in [0.717, 1.165) is 17.0 Å². The molecule has 122 valence electrons. The third kappa shape index (κ3) is 2.65. The number of carbonyl (C=O) groups is 1. The van der Waals surface area contributed by atoms with Crippen molar-refractivity contribution in [3.63, 3.8) is 0 Å². The van der Waals surface area contributed by atoms with Crippen LogP contribution < -0.4 is 0 Å². The second-order valence-electron chi connectivity index (χ2n) is 5.76. The van der Waals surface area contributed by atoms with Gasteiger partial charge >= 0.3 is 5.97 Å². The Morgan fingerprint density at radius 1 is 1.08 bits per heavy atom. The van der Waals surface area contributed by atoms with Crippen molar-refractivity contribution in [1.82, 2.24) is 14.4 Å². The summed E-state index contributed by atoms with van der Waals surface area (Å²) in [5, 5.41) is 10.1. The number of aryl methyl sites for hydroxylation is 1. The molecule has 0 atom stereocenters. The predicted molar refractivity (Wildman–Crippen MR) is 97.6 cm³/mol. The van der Waals surface area contributed by atoms with Crippen LogP contribution in [0.25, 0.3) is 28.7 Å². The molecule has 4 aromatic rings. The van der Waals surface area contributed by atoms with E-state index in [1.165, 1.54) is 0 Å². The Bertz CT molecular complexity index is 1140. The number of carboxylic acid groups (broad SMARTS) is 1. The van der Waals surface area contributed by atoms with Crippen molar-refractivity contribution < 1.29 is 9.90 Å². The number of rotatable bonds is 3. The molecule has 0 bridgehead atoms. The maximum Gasteiger partial charge on any atom is 0.336 e. The molecule has 4 rings (SSSR count). The summed E-state index contributed by atoms with van der Waals surface area (Å²) in [6, 6.07) is 14.7. The molecular weight excluding hydrogens is 314 g/mol. The van der Waals surface area contributed by atoms with Crippen LogP contribution in [0.15, 0.2) is 54.7 Å². The molecule has 25 heavy (non-hydrogen) atoms. The first kappa shape index (κ1) is 15.1. The quantitative estimate of drug-likeness (QED) is 0.615. The fraction of sp³-hybridized carbons (Fsp3) is 0.0500. The number of nitrogens with zero attached hydrogens (tertiary/aromatic N) is 3. The van der Waals surface area contributed by atoms with Crippen LogP contribution in [-0.4, -0.2) is 25.4 Å². The lowest BCUT2D eigenvalue weighted by Crippen LogP contribution is -2.00. The Morgan fingerprint density at radius 2 is 1.88 bits per heavy atom. The van der Waals surface area contributed by atoms with Gasteiger partial charge in [0.15, 0.2) is 0 Å². The number of aromatic carboxylic acids is 1. The number of fused-ring (bicyclic) bond motifs is 2. The van der Waals surface area contributed by atoms with E-state index in [0.29, 0.717) is 16.6 Å². The number of hydrogen-bond acceptors (Lipinski definition) is 3. The van der Waals surface area contributed by atoms with E-state index in [4.69, 9.17) is 0 Å². The van der Waals surface area contributed by atoms with Gasteiger partial charge in [0.25, 0.3) is 0 Å². The van der Waals surface area contributed by atoms with E-state index >= 15 is 0 Å². The lowest BCUT2D eigenvalue weighted by Gasteiger charge is -2.04. The fourth-order valence-corrected chi connectivity index (χ4v) is 2.96. The Kier molecular flexibility index (Phi) is 3.54. The molecule has 0 spiro atoms. The molecule has 0 aliphatic rings. The maximum atomic E-state index is 11.6. The number of hydrogen-bond donors (Lipinski definition) is 1. The lowest BCUT2D eigenvalue weighted by atomic mass is 10.1. The average Bonchev–Trinajstić information content (AvgIpc) is 2.94. The summed E-state index contributed by atoms with van der Waals surface area (Å²) in [6.07, 6.45) is 5.69. The van der Waals surface area contributed by atoms with Crippen molar-refractivity contribution in [3.8, 4) is 0 Å². The third-order valence-corrected chi connectivity index (χ3v) is 4.13. The third-order valence-electron chi connectivity index (χ3n) is 4.13. The van der Waals surface area contributed by atoms with Crippen LogP contribution in [-0.2, 0) is 0 Å². The molecule has 0 saturated heterocycles. The Labute approximate surface area is 143 Å². The topological polar surface area (TPSA) is 67.5 Å².